The van der Waals surface area contributed by atoms with E-state index in [1.165, 1.54) is 4.90 Å². The maximum absolute atomic E-state index is 12.8. The molecular weight excluding hydrogens is 372 g/mol. The van der Waals surface area contributed by atoms with Crippen LogP contribution in [0.15, 0.2) is 60.2 Å². The summed E-state index contributed by atoms with van der Waals surface area (Å²) in [7, 11) is 1.54. The SMILES string of the molecule is COc1ccc(/C(O)=C2\C(=O)C(=O)N(CCNCCO)C2c2ccccc2)cc1. The number of rotatable bonds is 8. The first-order chi connectivity index (χ1) is 14.1. The van der Waals surface area contributed by atoms with Crippen molar-refractivity contribution in [3.8, 4) is 5.75 Å². The van der Waals surface area contributed by atoms with E-state index in [2.05, 4.69) is 5.32 Å². The number of aliphatic hydroxyl groups excluding tert-OH is 2. The van der Waals surface area contributed by atoms with E-state index < -0.39 is 17.7 Å². The largest absolute Gasteiger partial charge is 0.507 e. The molecule has 0 aromatic heterocycles. The van der Waals surface area contributed by atoms with E-state index in [9.17, 15) is 14.7 Å². The minimum atomic E-state index is -0.714. The van der Waals surface area contributed by atoms with Gasteiger partial charge in [-0.3, -0.25) is 9.59 Å². The standard InChI is InChI=1S/C22H24N2O5/c1-29-17-9-7-16(8-10-17)20(26)18-19(15-5-3-2-4-6-15)24(22(28)21(18)27)13-11-23-12-14-25/h2-10,19,23,25-26H,11-14H2,1H3/b20-18+. The zero-order valence-electron chi connectivity index (χ0n) is 16.2. The monoisotopic (exact) mass is 396 g/mol. The van der Waals surface area contributed by atoms with Gasteiger partial charge in [-0.25, -0.2) is 0 Å². The van der Waals surface area contributed by atoms with Crippen LogP contribution >= 0.6 is 0 Å². The molecule has 0 spiro atoms. The first kappa shape index (κ1) is 20.6. The number of Topliss-reactive ketones (excluding diaryl/α,β-unsaturated/α-hetero) is 1. The summed E-state index contributed by atoms with van der Waals surface area (Å²) >= 11 is 0. The third-order valence-corrected chi connectivity index (χ3v) is 4.84. The normalized spacial score (nSPS) is 18.3. The number of hydrogen-bond donors (Lipinski definition) is 3. The van der Waals surface area contributed by atoms with Gasteiger partial charge in [0.15, 0.2) is 0 Å². The van der Waals surface area contributed by atoms with Gasteiger partial charge in [-0.2, -0.15) is 0 Å². The lowest BCUT2D eigenvalue weighted by Gasteiger charge is -2.25. The second kappa shape index (κ2) is 9.36. The third kappa shape index (κ3) is 4.31. The van der Waals surface area contributed by atoms with Crippen LogP contribution in [0.3, 0.4) is 0 Å². The summed E-state index contributed by atoms with van der Waals surface area (Å²) in [5, 5.41) is 22.8. The molecule has 2 aromatic carbocycles. The van der Waals surface area contributed by atoms with Gasteiger partial charge in [-0.15, -0.1) is 0 Å². The van der Waals surface area contributed by atoms with Crippen LogP contribution < -0.4 is 10.1 Å². The quantitative estimate of drug-likeness (QED) is 0.272. The number of benzene rings is 2. The number of carbonyl (C=O) groups is 2. The van der Waals surface area contributed by atoms with Gasteiger partial charge < -0.3 is 25.2 Å². The lowest BCUT2D eigenvalue weighted by Crippen LogP contribution is -2.36. The van der Waals surface area contributed by atoms with E-state index in [1.807, 2.05) is 30.3 Å². The highest BCUT2D eigenvalue weighted by atomic mass is 16.5. The third-order valence-electron chi connectivity index (χ3n) is 4.84. The zero-order valence-corrected chi connectivity index (χ0v) is 16.2. The number of nitrogens with one attached hydrogen (secondary N) is 1. The molecule has 1 heterocycles. The highest BCUT2D eigenvalue weighted by Gasteiger charge is 2.45. The van der Waals surface area contributed by atoms with Gasteiger partial charge in [0.1, 0.15) is 11.5 Å². The van der Waals surface area contributed by atoms with Crippen LogP contribution in [-0.4, -0.2) is 60.2 Å². The Labute approximate surface area is 169 Å². The Morgan fingerprint density at radius 1 is 1.07 bits per heavy atom. The van der Waals surface area contributed by atoms with E-state index >= 15 is 0 Å². The number of hydrogen-bond acceptors (Lipinski definition) is 6. The molecule has 2 aromatic rings. The number of nitrogens with zero attached hydrogens (tertiary/aromatic N) is 1. The van der Waals surface area contributed by atoms with E-state index in [0.29, 0.717) is 24.4 Å². The average molecular weight is 396 g/mol. The van der Waals surface area contributed by atoms with Gasteiger partial charge >= 0.3 is 0 Å². The van der Waals surface area contributed by atoms with Crippen molar-refractivity contribution >= 4 is 17.4 Å². The average Bonchev–Trinajstić information content (AvgIpc) is 3.01. The lowest BCUT2D eigenvalue weighted by atomic mass is 9.95. The molecule has 3 N–H and O–H groups in total. The number of ether oxygens (including phenoxy) is 1. The predicted octanol–water partition coefficient (Wildman–Crippen LogP) is 1.70. The van der Waals surface area contributed by atoms with E-state index in [0.717, 1.165) is 5.56 Å². The van der Waals surface area contributed by atoms with Crippen LogP contribution in [0, 0.1) is 0 Å². The van der Waals surface area contributed by atoms with Crippen molar-refractivity contribution in [1.82, 2.24) is 10.2 Å². The minimum Gasteiger partial charge on any atom is -0.507 e. The Bertz CT molecular complexity index is 893. The van der Waals surface area contributed by atoms with Crippen molar-refractivity contribution in [3.63, 3.8) is 0 Å². The number of likely N-dealkylation sites (tertiary alicyclic amines) is 1. The summed E-state index contributed by atoms with van der Waals surface area (Å²) in [6.45, 7) is 1.06. The van der Waals surface area contributed by atoms with Crippen LogP contribution in [0.1, 0.15) is 17.2 Å². The molecule has 1 amide bonds. The van der Waals surface area contributed by atoms with Crippen LogP contribution in [-0.2, 0) is 9.59 Å². The summed E-state index contributed by atoms with van der Waals surface area (Å²) in [5.74, 6) is -0.962. The maximum Gasteiger partial charge on any atom is 0.295 e. The molecule has 0 radical (unpaired) electrons. The van der Waals surface area contributed by atoms with E-state index in [4.69, 9.17) is 9.84 Å². The van der Waals surface area contributed by atoms with Crippen LogP contribution in [0.5, 0.6) is 5.75 Å². The molecule has 7 heteroatoms. The fourth-order valence-corrected chi connectivity index (χ4v) is 3.40. The Morgan fingerprint density at radius 3 is 2.38 bits per heavy atom. The van der Waals surface area contributed by atoms with Crippen molar-refractivity contribution in [1.29, 1.82) is 0 Å². The fourth-order valence-electron chi connectivity index (χ4n) is 3.40. The van der Waals surface area contributed by atoms with Gasteiger partial charge in [0.05, 0.1) is 25.3 Å². The molecule has 3 rings (SSSR count). The van der Waals surface area contributed by atoms with Crippen LogP contribution in [0.4, 0.5) is 0 Å². The van der Waals surface area contributed by atoms with E-state index in [-0.39, 0.29) is 24.5 Å². The maximum atomic E-state index is 12.8. The van der Waals surface area contributed by atoms with Crippen molar-refractivity contribution < 1.29 is 24.5 Å². The van der Waals surface area contributed by atoms with Gasteiger partial charge in [0, 0.05) is 25.2 Å². The van der Waals surface area contributed by atoms with Crippen molar-refractivity contribution in [2.75, 3.05) is 33.4 Å². The summed E-state index contributed by atoms with van der Waals surface area (Å²) in [6, 6.07) is 15.1. The van der Waals surface area contributed by atoms with Gasteiger partial charge in [0.2, 0.25) is 0 Å². The number of methoxy groups -OCH3 is 1. The summed E-state index contributed by atoms with van der Waals surface area (Å²) < 4.78 is 5.13. The van der Waals surface area contributed by atoms with Crippen molar-refractivity contribution in [2.24, 2.45) is 0 Å². The number of carbonyl (C=O) groups excluding carboxylic acids is 2. The Morgan fingerprint density at radius 2 is 1.76 bits per heavy atom. The molecular formula is C22H24N2O5. The molecule has 1 saturated heterocycles. The molecule has 1 fully saturated rings. The molecule has 1 unspecified atom stereocenters. The molecule has 0 bridgehead atoms. The molecule has 1 aliphatic heterocycles. The second-order valence-corrected chi connectivity index (χ2v) is 6.61. The molecule has 0 saturated carbocycles. The van der Waals surface area contributed by atoms with Gasteiger partial charge in [-0.1, -0.05) is 30.3 Å². The highest BCUT2D eigenvalue weighted by molar-refractivity contribution is 6.46. The zero-order chi connectivity index (χ0) is 20.8. The van der Waals surface area contributed by atoms with Gasteiger partial charge in [0.25, 0.3) is 11.7 Å². The van der Waals surface area contributed by atoms with Crippen LogP contribution in [0.2, 0.25) is 0 Å². The lowest BCUT2D eigenvalue weighted by molar-refractivity contribution is -0.139. The molecule has 0 aliphatic carbocycles. The van der Waals surface area contributed by atoms with Gasteiger partial charge in [-0.05, 0) is 29.8 Å². The summed E-state index contributed by atoms with van der Waals surface area (Å²) in [6.07, 6.45) is 0. The smallest absolute Gasteiger partial charge is 0.295 e. The summed E-state index contributed by atoms with van der Waals surface area (Å²) in [5.41, 5.74) is 1.24. The number of aliphatic hydroxyl groups is 2. The van der Waals surface area contributed by atoms with E-state index in [1.54, 1.807) is 31.4 Å². The predicted molar refractivity (Wildman–Crippen MR) is 108 cm³/mol. The Balaban J connectivity index is 2.02. The molecule has 29 heavy (non-hydrogen) atoms. The minimum absolute atomic E-state index is 0.0155. The van der Waals surface area contributed by atoms with Crippen LogP contribution in [0.25, 0.3) is 5.76 Å². The number of ketones is 1. The molecule has 1 aliphatic rings. The Kier molecular flexibility index (Phi) is 6.64. The van der Waals surface area contributed by atoms with Crippen molar-refractivity contribution in [3.05, 3.63) is 71.3 Å². The van der Waals surface area contributed by atoms with Crippen molar-refractivity contribution in [2.45, 2.75) is 6.04 Å². The summed E-state index contributed by atoms with van der Waals surface area (Å²) in [4.78, 5) is 27.0. The topological polar surface area (TPSA) is 99.1 Å². The molecule has 7 nitrogen and oxygen atoms in total. The highest BCUT2D eigenvalue weighted by Crippen LogP contribution is 2.39. The first-order valence-electron chi connectivity index (χ1n) is 9.37. The first-order valence-corrected chi connectivity index (χ1v) is 9.37. The second-order valence-electron chi connectivity index (χ2n) is 6.61. The molecule has 152 valence electrons. The molecule has 1 atom stereocenters. The Hall–Kier alpha value is -3.16. The fraction of sp³-hybridized carbons (Fsp3) is 0.273. The number of amides is 1.